The molecule has 0 aliphatic carbocycles. The molecule has 2 heterocycles. The summed E-state index contributed by atoms with van der Waals surface area (Å²) in [6.07, 6.45) is 5.21. The van der Waals surface area contributed by atoms with Crippen molar-refractivity contribution in [3.8, 4) is 0 Å². The zero-order chi connectivity index (χ0) is 12.8. The number of hydrogen-bond donors (Lipinski definition) is 2. The highest BCUT2D eigenvalue weighted by Gasteiger charge is 2.20. The summed E-state index contributed by atoms with van der Waals surface area (Å²) in [5.41, 5.74) is 0.930. The molecule has 0 radical (unpaired) electrons. The SMILES string of the molecule is O=S(=O)(CC1CCNCC1)NCc1ccncc1. The Kier molecular flexibility index (Phi) is 4.68. The Hall–Kier alpha value is -0.980. The summed E-state index contributed by atoms with van der Waals surface area (Å²) in [4.78, 5) is 3.90. The molecule has 0 spiro atoms. The predicted molar refractivity (Wildman–Crippen MR) is 70.5 cm³/mol. The number of nitrogens with one attached hydrogen (secondary N) is 2. The van der Waals surface area contributed by atoms with E-state index in [4.69, 9.17) is 0 Å². The number of pyridine rings is 1. The topological polar surface area (TPSA) is 71.1 Å². The number of sulfonamides is 1. The fourth-order valence-electron chi connectivity index (χ4n) is 2.11. The van der Waals surface area contributed by atoms with E-state index in [1.54, 1.807) is 12.4 Å². The van der Waals surface area contributed by atoms with Crippen molar-refractivity contribution in [3.05, 3.63) is 30.1 Å². The van der Waals surface area contributed by atoms with E-state index < -0.39 is 10.0 Å². The van der Waals surface area contributed by atoms with Gasteiger partial charge in [-0.25, -0.2) is 13.1 Å². The van der Waals surface area contributed by atoms with Crippen molar-refractivity contribution >= 4 is 10.0 Å². The molecule has 0 unspecified atom stereocenters. The molecular weight excluding hydrogens is 250 g/mol. The van der Waals surface area contributed by atoms with Gasteiger partial charge in [0.15, 0.2) is 0 Å². The molecule has 5 nitrogen and oxygen atoms in total. The van der Waals surface area contributed by atoms with Crippen LogP contribution in [0.3, 0.4) is 0 Å². The minimum Gasteiger partial charge on any atom is -0.317 e. The van der Waals surface area contributed by atoms with Crippen LogP contribution >= 0.6 is 0 Å². The molecule has 6 heteroatoms. The van der Waals surface area contributed by atoms with Gasteiger partial charge in [-0.1, -0.05) is 0 Å². The van der Waals surface area contributed by atoms with Crippen molar-refractivity contribution in [2.24, 2.45) is 5.92 Å². The first kappa shape index (κ1) is 13.5. The van der Waals surface area contributed by atoms with Gasteiger partial charge < -0.3 is 5.32 Å². The minimum atomic E-state index is -3.18. The second-order valence-corrected chi connectivity index (χ2v) is 6.50. The Balaban J connectivity index is 1.83. The maximum atomic E-state index is 11.9. The number of aromatic nitrogens is 1. The molecule has 1 aromatic heterocycles. The van der Waals surface area contributed by atoms with Crippen LogP contribution in [0.2, 0.25) is 0 Å². The molecule has 1 aromatic rings. The Labute approximate surface area is 108 Å². The summed E-state index contributed by atoms with van der Waals surface area (Å²) >= 11 is 0. The Morgan fingerprint density at radius 1 is 1.28 bits per heavy atom. The molecule has 1 aliphatic heterocycles. The second kappa shape index (κ2) is 6.26. The third-order valence-electron chi connectivity index (χ3n) is 3.16. The van der Waals surface area contributed by atoms with Crippen molar-refractivity contribution in [3.63, 3.8) is 0 Å². The van der Waals surface area contributed by atoms with Crippen molar-refractivity contribution in [1.82, 2.24) is 15.0 Å². The zero-order valence-corrected chi connectivity index (χ0v) is 11.1. The second-order valence-electron chi connectivity index (χ2n) is 4.65. The fraction of sp³-hybridized carbons (Fsp3) is 0.583. The van der Waals surface area contributed by atoms with Crippen LogP contribution in [0.1, 0.15) is 18.4 Å². The van der Waals surface area contributed by atoms with E-state index in [0.717, 1.165) is 31.5 Å². The summed E-state index contributed by atoms with van der Waals surface area (Å²) in [5, 5.41) is 3.24. The largest absolute Gasteiger partial charge is 0.317 e. The summed E-state index contributed by atoms with van der Waals surface area (Å²) in [6.45, 7) is 2.19. The lowest BCUT2D eigenvalue weighted by Crippen LogP contribution is -2.35. The van der Waals surface area contributed by atoms with Gasteiger partial charge in [0, 0.05) is 18.9 Å². The molecular formula is C12H19N3O2S. The van der Waals surface area contributed by atoms with Crippen LogP contribution in [0.15, 0.2) is 24.5 Å². The first-order valence-corrected chi connectivity index (χ1v) is 7.88. The molecule has 0 bridgehead atoms. The Bertz CT molecular complexity index is 455. The molecule has 0 atom stereocenters. The van der Waals surface area contributed by atoms with E-state index in [9.17, 15) is 8.42 Å². The summed E-state index contributed by atoms with van der Waals surface area (Å²) in [7, 11) is -3.18. The van der Waals surface area contributed by atoms with Crippen LogP contribution in [0.25, 0.3) is 0 Å². The fourth-order valence-corrected chi connectivity index (χ4v) is 3.57. The summed E-state index contributed by atoms with van der Waals surface area (Å²) < 4.78 is 26.5. The molecule has 100 valence electrons. The van der Waals surface area contributed by atoms with E-state index in [1.165, 1.54) is 0 Å². The van der Waals surface area contributed by atoms with Crippen LogP contribution in [0.4, 0.5) is 0 Å². The van der Waals surface area contributed by atoms with E-state index in [0.29, 0.717) is 6.54 Å². The standard InChI is InChI=1S/C12H19N3O2S/c16-18(17,10-12-3-7-14-8-4-12)15-9-11-1-5-13-6-2-11/h1-2,5-6,12,14-15H,3-4,7-10H2. The highest BCUT2D eigenvalue weighted by molar-refractivity contribution is 7.89. The molecule has 0 saturated carbocycles. The van der Waals surface area contributed by atoms with Gasteiger partial charge >= 0.3 is 0 Å². The monoisotopic (exact) mass is 269 g/mol. The molecule has 1 fully saturated rings. The molecule has 1 saturated heterocycles. The van der Waals surface area contributed by atoms with Gasteiger partial charge in [0.2, 0.25) is 10.0 Å². The quantitative estimate of drug-likeness (QED) is 0.816. The maximum Gasteiger partial charge on any atom is 0.212 e. The first-order valence-electron chi connectivity index (χ1n) is 6.23. The lowest BCUT2D eigenvalue weighted by molar-refractivity contribution is 0.400. The smallest absolute Gasteiger partial charge is 0.212 e. The third kappa shape index (κ3) is 4.36. The van der Waals surface area contributed by atoms with E-state index in [-0.39, 0.29) is 11.7 Å². The molecule has 2 N–H and O–H groups in total. The van der Waals surface area contributed by atoms with Crippen molar-refractivity contribution in [2.45, 2.75) is 19.4 Å². The van der Waals surface area contributed by atoms with Crippen molar-refractivity contribution in [2.75, 3.05) is 18.8 Å². The molecule has 0 amide bonds. The molecule has 2 rings (SSSR count). The van der Waals surface area contributed by atoms with E-state index >= 15 is 0 Å². The Morgan fingerprint density at radius 2 is 1.94 bits per heavy atom. The van der Waals surface area contributed by atoms with Crippen molar-refractivity contribution < 1.29 is 8.42 Å². The van der Waals surface area contributed by atoms with Crippen LogP contribution in [0.5, 0.6) is 0 Å². The van der Waals surface area contributed by atoms with Gasteiger partial charge in [-0.05, 0) is 49.5 Å². The highest BCUT2D eigenvalue weighted by Crippen LogP contribution is 2.13. The average molecular weight is 269 g/mol. The predicted octanol–water partition coefficient (Wildman–Crippen LogP) is 0.501. The third-order valence-corrected chi connectivity index (χ3v) is 4.65. The van der Waals surface area contributed by atoms with Gasteiger partial charge in [0.25, 0.3) is 0 Å². The zero-order valence-electron chi connectivity index (χ0n) is 10.3. The lowest BCUT2D eigenvalue weighted by Gasteiger charge is -2.22. The number of rotatable bonds is 5. The van der Waals surface area contributed by atoms with Gasteiger partial charge in [-0.2, -0.15) is 0 Å². The van der Waals surface area contributed by atoms with E-state index in [2.05, 4.69) is 15.0 Å². The molecule has 0 aromatic carbocycles. The van der Waals surface area contributed by atoms with Crippen LogP contribution in [-0.2, 0) is 16.6 Å². The van der Waals surface area contributed by atoms with Crippen LogP contribution < -0.4 is 10.0 Å². The van der Waals surface area contributed by atoms with Crippen molar-refractivity contribution in [1.29, 1.82) is 0 Å². The molecule has 1 aliphatic rings. The van der Waals surface area contributed by atoms with Gasteiger partial charge in [0.1, 0.15) is 0 Å². The average Bonchev–Trinajstić information content (AvgIpc) is 2.38. The summed E-state index contributed by atoms with van der Waals surface area (Å²) in [5.74, 6) is 0.515. The maximum absolute atomic E-state index is 11.9. The Morgan fingerprint density at radius 3 is 2.61 bits per heavy atom. The van der Waals surface area contributed by atoms with Gasteiger partial charge in [-0.3, -0.25) is 4.98 Å². The number of hydrogen-bond acceptors (Lipinski definition) is 4. The van der Waals surface area contributed by atoms with Crippen LogP contribution in [-0.4, -0.2) is 32.2 Å². The van der Waals surface area contributed by atoms with Gasteiger partial charge in [0.05, 0.1) is 5.75 Å². The van der Waals surface area contributed by atoms with Crippen LogP contribution in [0, 0.1) is 5.92 Å². The highest BCUT2D eigenvalue weighted by atomic mass is 32.2. The van der Waals surface area contributed by atoms with E-state index in [1.807, 2.05) is 12.1 Å². The first-order chi connectivity index (χ1) is 8.66. The number of piperidine rings is 1. The lowest BCUT2D eigenvalue weighted by atomic mass is 10.0. The summed E-state index contributed by atoms with van der Waals surface area (Å²) in [6, 6.07) is 3.63. The normalized spacial score (nSPS) is 17.8. The minimum absolute atomic E-state index is 0.236. The molecule has 18 heavy (non-hydrogen) atoms. The van der Waals surface area contributed by atoms with Gasteiger partial charge in [-0.15, -0.1) is 0 Å². The number of nitrogens with zero attached hydrogens (tertiary/aromatic N) is 1.